The molecule has 1 saturated heterocycles. The number of amides is 1. The molecule has 1 aromatic carbocycles. The number of nitrogens with one attached hydrogen (secondary N) is 2. The van der Waals surface area contributed by atoms with Crippen LogP contribution in [0.15, 0.2) is 30.3 Å². The molecule has 22 heavy (non-hydrogen) atoms. The lowest BCUT2D eigenvalue weighted by Gasteiger charge is -2.30. The summed E-state index contributed by atoms with van der Waals surface area (Å²) < 4.78 is 0. The molecule has 1 aromatic rings. The molecule has 1 amide bonds. The average Bonchev–Trinajstić information content (AvgIpc) is 3.08. The molecule has 0 aliphatic carbocycles. The summed E-state index contributed by atoms with van der Waals surface area (Å²) in [5, 5.41) is 6.43. The second-order valence-corrected chi connectivity index (χ2v) is 6.00. The molecule has 2 unspecified atom stereocenters. The maximum atomic E-state index is 12.2. The Morgan fingerprint density at radius 3 is 2.64 bits per heavy atom. The van der Waals surface area contributed by atoms with Gasteiger partial charge >= 0.3 is 0 Å². The molecule has 0 bridgehead atoms. The third-order valence-electron chi connectivity index (χ3n) is 4.59. The molecular formula is C18H29N3O. The minimum atomic E-state index is 0.147. The van der Waals surface area contributed by atoms with E-state index >= 15 is 0 Å². The van der Waals surface area contributed by atoms with Crippen LogP contribution in [0.5, 0.6) is 0 Å². The standard InChI is InChI=1S/C18H29N3O/c1-3-21(4-2)17(12-15-8-6-5-7-9-15)14-20-18(22)16-10-11-19-13-16/h5-9,16-17,19H,3-4,10-14H2,1-2H3,(H,20,22). The Bertz CT molecular complexity index is 439. The van der Waals surface area contributed by atoms with Crippen molar-refractivity contribution < 1.29 is 4.79 Å². The van der Waals surface area contributed by atoms with E-state index in [-0.39, 0.29) is 11.8 Å². The van der Waals surface area contributed by atoms with Crippen molar-refractivity contribution in [3.8, 4) is 0 Å². The zero-order chi connectivity index (χ0) is 15.8. The summed E-state index contributed by atoms with van der Waals surface area (Å²) in [4.78, 5) is 14.7. The molecule has 1 aliphatic rings. The van der Waals surface area contributed by atoms with Crippen LogP contribution in [0, 0.1) is 5.92 Å². The molecule has 0 aromatic heterocycles. The fourth-order valence-electron chi connectivity index (χ4n) is 3.20. The van der Waals surface area contributed by atoms with Gasteiger partial charge in [-0.15, -0.1) is 0 Å². The number of hydrogen-bond acceptors (Lipinski definition) is 3. The third-order valence-corrected chi connectivity index (χ3v) is 4.59. The van der Waals surface area contributed by atoms with E-state index in [1.54, 1.807) is 0 Å². The van der Waals surface area contributed by atoms with Crippen LogP contribution in [0.1, 0.15) is 25.8 Å². The molecule has 1 aliphatic heterocycles. The average molecular weight is 303 g/mol. The van der Waals surface area contributed by atoms with Crippen LogP contribution in [-0.4, -0.2) is 49.6 Å². The summed E-state index contributed by atoms with van der Waals surface area (Å²) >= 11 is 0. The predicted octanol–water partition coefficient (Wildman–Crippen LogP) is 1.67. The van der Waals surface area contributed by atoms with Crippen LogP contribution in [0.2, 0.25) is 0 Å². The quantitative estimate of drug-likeness (QED) is 0.768. The molecule has 122 valence electrons. The molecule has 2 rings (SSSR count). The Balaban J connectivity index is 1.93. The Kier molecular flexibility index (Phi) is 6.87. The van der Waals surface area contributed by atoms with E-state index in [1.807, 2.05) is 6.07 Å². The van der Waals surface area contributed by atoms with Gasteiger partial charge in [-0.05, 0) is 38.0 Å². The van der Waals surface area contributed by atoms with Crippen LogP contribution in [0.25, 0.3) is 0 Å². The predicted molar refractivity (Wildman–Crippen MR) is 90.8 cm³/mol. The second kappa shape index (κ2) is 8.91. The van der Waals surface area contributed by atoms with Gasteiger partial charge < -0.3 is 10.6 Å². The van der Waals surface area contributed by atoms with Gasteiger partial charge in [-0.1, -0.05) is 44.2 Å². The first kappa shape index (κ1) is 17.0. The number of hydrogen-bond donors (Lipinski definition) is 2. The van der Waals surface area contributed by atoms with E-state index in [1.165, 1.54) is 5.56 Å². The van der Waals surface area contributed by atoms with Gasteiger partial charge in [0.25, 0.3) is 0 Å². The summed E-state index contributed by atoms with van der Waals surface area (Å²) in [6, 6.07) is 10.9. The van der Waals surface area contributed by atoms with E-state index in [9.17, 15) is 4.79 Å². The van der Waals surface area contributed by atoms with Crippen molar-refractivity contribution in [3.63, 3.8) is 0 Å². The topological polar surface area (TPSA) is 44.4 Å². The summed E-state index contributed by atoms with van der Waals surface area (Å²) in [6.45, 7) is 8.89. The van der Waals surface area contributed by atoms with E-state index in [0.717, 1.165) is 45.6 Å². The van der Waals surface area contributed by atoms with Crippen molar-refractivity contribution in [1.82, 2.24) is 15.5 Å². The normalized spacial score (nSPS) is 19.3. The minimum absolute atomic E-state index is 0.147. The lowest BCUT2D eigenvalue weighted by molar-refractivity contribution is -0.124. The maximum Gasteiger partial charge on any atom is 0.224 e. The van der Waals surface area contributed by atoms with E-state index in [0.29, 0.717) is 6.04 Å². The Morgan fingerprint density at radius 1 is 1.32 bits per heavy atom. The molecule has 0 radical (unpaired) electrons. The number of rotatable bonds is 8. The van der Waals surface area contributed by atoms with Crippen molar-refractivity contribution in [1.29, 1.82) is 0 Å². The summed E-state index contributed by atoms with van der Waals surface area (Å²) in [5.41, 5.74) is 1.33. The largest absolute Gasteiger partial charge is 0.354 e. The number of carbonyl (C=O) groups is 1. The highest BCUT2D eigenvalue weighted by molar-refractivity contribution is 5.79. The van der Waals surface area contributed by atoms with Gasteiger partial charge in [0, 0.05) is 19.1 Å². The molecular weight excluding hydrogens is 274 g/mol. The van der Waals surface area contributed by atoms with Gasteiger partial charge in [0.1, 0.15) is 0 Å². The summed E-state index contributed by atoms with van der Waals surface area (Å²) in [6.07, 6.45) is 1.94. The molecule has 2 atom stereocenters. The van der Waals surface area contributed by atoms with Crippen LogP contribution in [-0.2, 0) is 11.2 Å². The maximum absolute atomic E-state index is 12.2. The lowest BCUT2D eigenvalue weighted by Crippen LogP contribution is -2.46. The highest BCUT2D eigenvalue weighted by Crippen LogP contribution is 2.10. The van der Waals surface area contributed by atoms with Crippen LogP contribution in [0.3, 0.4) is 0 Å². The van der Waals surface area contributed by atoms with Gasteiger partial charge in [-0.3, -0.25) is 9.69 Å². The van der Waals surface area contributed by atoms with Crippen molar-refractivity contribution >= 4 is 5.91 Å². The zero-order valence-corrected chi connectivity index (χ0v) is 13.8. The van der Waals surface area contributed by atoms with Crippen molar-refractivity contribution in [2.45, 2.75) is 32.7 Å². The first-order valence-corrected chi connectivity index (χ1v) is 8.51. The number of likely N-dealkylation sites (N-methyl/N-ethyl adjacent to an activating group) is 1. The molecule has 0 saturated carbocycles. The zero-order valence-electron chi connectivity index (χ0n) is 13.8. The van der Waals surface area contributed by atoms with Crippen molar-refractivity contribution in [2.75, 3.05) is 32.7 Å². The Hall–Kier alpha value is -1.39. The van der Waals surface area contributed by atoms with Crippen LogP contribution in [0.4, 0.5) is 0 Å². The van der Waals surface area contributed by atoms with E-state index in [2.05, 4.69) is 53.6 Å². The molecule has 1 heterocycles. The van der Waals surface area contributed by atoms with Gasteiger partial charge in [0.2, 0.25) is 5.91 Å². The van der Waals surface area contributed by atoms with Gasteiger partial charge in [-0.25, -0.2) is 0 Å². The smallest absolute Gasteiger partial charge is 0.224 e. The van der Waals surface area contributed by atoms with Crippen LogP contribution >= 0.6 is 0 Å². The molecule has 4 nitrogen and oxygen atoms in total. The Labute approximate surface area is 134 Å². The number of benzene rings is 1. The summed E-state index contributed by atoms with van der Waals surface area (Å²) in [7, 11) is 0. The summed E-state index contributed by atoms with van der Waals surface area (Å²) in [5.74, 6) is 0.351. The monoisotopic (exact) mass is 303 g/mol. The number of nitrogens with zero attached hydrogens (tertiary/aromatic N) is 1. The molecule has 0 spiro atoms. The molecule has 4 heteroatoms. The van der Waals surface area contributed by atoms with Gasteiger partial charge in [0.15, 0.2) is 0 Å². The van der Waals surface area contributed by atoms with Crippen molar-refractivity contribution in [3.05, 3.63) is 35.9 Å². The SMILES string of the molecule is CCN(CC)C(CNC(=O)C1CCNC1)Cc1ccccc1. The highest BCUT2D eigenvalue weighted by atomic mass is 16.1. The fraction of sp³-hybridized carbons (Fsp3) is 0.611. The van der Waals surface area contributed by atoms with E-state index < -0.39 is 0 Å². The first-order valence-electron chi connectivity index (χ1n) is 8.51. The first-order chi connectivity index (χ1) is 10.7. The highest BCUT2D eigenvalue weighted by Gasteiger charge is 2.24. The van der Waals surface area contributed by atoms with Crippen molar-refractivity contribution in [2.24, 2.45) is 5.92 Å². The second-order valence-electron chi connectivity index (χ2n) is 6.00. The Morgan fingerprint density at radius 2 is 2.05 bits per heavy atom. The minimum Gasteiger partial charge on any atom is -0.354 e. The van der Waals surface area contributed by atoms with Crippen LogP contribution < -0.4 is 10.6 Å². The van der Waals surface area contributed by atoms with E-state index in [4.69, 9.17) is 0 Å². The third kappa shape index (κ3) is 4.82. The molecule has 2 N–H and O–H groups in total. The van der Waals surface area contributed by atoms with Gasteiger partial charge in [0.05, 0.1) is 5.92 Å². The lowest BCUT2D eigenvalue weighted by atomic mass is 10.0. The van der Waals surface area contributed by atoms with Gasteiger partial charge in [-0.2, -0.15) is 0 Å². The number of carbonyl (C=O) groups excluding carboxylic acids is 1. The fourth-order valence-corrected chi connectivity index (χ4v) is 3.20. The molecule has 1 fully saturated rings.